The lowest BCUT2D eigenvalue weighted by Crippen LogP contribution is -2.18. The molecule has 0 radical (unpaired) electrons. The second-order valence-corrected chi connectivity index (χ2v) is 5.79. The third-order valence-electron chi connectivity index (χ3n) is 3.96. The number of carbonyl (C=O) groups is 1. The smallest absolute Gasteiger partial charge is 0.272 e. The average molecular weight is 329 g/mol. The van der Waals surface area contributed by atoms with E-state index in [4.69, 9.17) is 11.6 Å². The molecule has 4 nitrogen and oxygen atoms in total. The largest absolute Gasteiger partial charge is 0.506 e. The van der Waals surface area contributed by atoms with Gasteiger partial charge in [-0.25, -0.2) is 0 Å². The summed E-state index contributed by atoms with van der Waals surface area (Å²) in [5.41, 5.74) is 2.83. The average Bonchev–Trinajstić information content (AvgIpc) is 2.83. The van der Waals surface area contributed by atoms with Crippen LogP contribution in [-0.4, -0.2) is 15.6 Å². The molecule has 0 aliphatic heterocycles. The Kier molecular flexibility index (Phi) is 4.01. The van der Waals surface area contributed by atoms with Gasteiger partial charge in [-0.3, -0.25) is 4.79 Å². The monoisotopic (exact) mass is 328 g/mol. The van der Waals surface area contributed by atoms with E-state index in [1.807, 2.05) is 42.7 Å². The van der Waals surface area contributed by atoms with Gasteiger partial charge in [0.1, 0.15) is 11.4 Å². The van der Waals surface area contributed by atoms with Gasteiger partial charge in [0, 0.05) is 22.5 Å². The fraction of sp³-hybridized carbons (Fsp3) is 0.167. The van der Waals surface area contributed by atoms with E-state index in [-0.39, 0.29) is 11.7 Å². The Bertz CT molecular complexity index is 899. The lowest BCUT2D eigenvalue weighted by atomic mass is 10.1. The number of halogens is 1. The summed E-state index contributed by atoms with van der Waals surface area (Å²) in [6, 6.07) is 12.5. The predicted molar refractivity (Wildman–Crippen MR) is 93.4 cm³/mol. The zero-order valence-corrected chi connectivity index (χ0v) is 13.7. The topological polar surface area (TPSA) is 54.3 Å². The van der Waals surface area contributed by atoms with E-state index in [2.05, 4.69) is 5.32 Å². The first-order valence-electron chi connectivity index (χ1n) is 7.40. The molecule has 1 amide bonds. The molecular formula is C18H17ClN2O2. The molecule has 0 atom stereocenters. The minimum atomic E-state index is -0.266. The third-order valence-corrected chi connectivity index (χ3v) is 4.20. The van der Waals surface area contributed by atoms with Gasteiger partial charge in [-0.2, -0.15) is 0 Å². The Morgan fingerprint density at radius 3 is 2.74 bits per heavy atom. The van der Waals surface area contributed by atoms with Gasteiger partial charge in [0.2, 0.25) is 0 Å². The number of amides is 1. The molecule has 0 unspecified atom stereocenters. The fourth-order valence-corrected chi connectivity index (χ4v) is 3.06. The highest BCUT2D eigenvalue weighted by molar-refractivity contribution is 6.31. The fourth-order valence-electron chi connectivity index (χ4n) is 2.89. The number of phenols is 1. The van der Waals surface area contributed by atoms with Gasteiger partial charge >= 0.3 is 0 Å². The van der Waals surface area contributed by atoms with Gasteiger partial charge in [-0.05, 0) is 43.7 Å². The molecule has 0 spiro atoms. The first kappa shape index (κ1) is 15.4. The molecule has 118 valence electrons. The van der Waals surface area contributed by atoms with Crippen LogP contribution < -0.4 is 5.32 Å². The lowest BCUT2D eigenvalue weighted by Gasteiger charge is -2.11. The molecule has 0 aliphatic rings. The Labute approximate surface area is 139 Å². The van der Waals surface area contributed by atoms with Crippen molar-refractivity contribution in [3.05, 3.63) is 58.7 Å². The Morgan fingerprint density at radius 1 is 1.26 bits per heavy atom. The maximum absolute atomic E-state index is 12.8. The number of fused-ring (bicyclic) bond motifs is 1. The van der Waals surface area contributed by atoms with Crippen molar-refractivity contribution in [2.45, 2.75) is 20.4 Å². The SMILES string of the molecule is CCn1c(C(=O)Nc2cc(Cl)ccc2O)c(C)c2ccccc21. The quantitative estimate of drug-likeness (QED) is 0.691. The molecule has 2 N–H and O–H groups in total. The molecule has 5 heteroatoms. The summed E-state index contributed by atoms with van der Waals surface area (Å²) in [4.78, 5) is 12.8. The number of rotatable bonds is 3. The number of aryl methyl sites for hydroxylation is 2. The van der Waals surface area contributed by atoms with E-state index in [0.29, 0.717) is 22.9 Å². The molecule has 23 heavy (non-hydrogen) atoms. The second-order valence-electron chi connectivity index (χ2n) is 5.35. The number of benzene rings is 2. The first-order chi connectivity index (χ1) is 11.0. The van der Waals surface area contributed by atoms with Crippen LogP contribution in [0.15, 0.2) is 42.5 Å². The van der Waals surface area contributed by atoms with Crippen molar-refractivity contribution >= 4 is 34.1 Å². The summed E-state index contributed by atoms with van der Waals surface area (Å²) in [5, 5.41) is 14.1. The lowest BCUT2D eigenvalue weighted by molar-refractivity contribution is 0.101. The molecule has 1 heterocycles. The van der Waals surface area contributed by atoms with Crippen LogP contribution in [0.25, 0.3) is 10.9 Å². The molecule has 0 saturated carbocycles. The van der Waals surface area contributed by atoms with E-state index in [0.717, 1.165) is 16.5 Å². The highest BCUT2D eigenvalue weighted by Crippen LogP contribution is 2.29. The summed E-state index contributed by atoms with van der Waals surface area (Å²) in [6.07, 6.45) is 0. The molecule has 2 aromatic carbocycles. The van der Waals surface area contributed by atoms with E-state index >= 15 is 0 Å². The van der Waals surface area contributed by atoms with Gasteiger partial charge in [0.15, 0.2) is 0 Å². The van der Waals surface area contributed by atoms with E-state index < -0.39 is 0 Å². The summed E-state index contributed by atoms with van der Waals surface area (Å²) < 4.78 is 1.97. The standard InChI is InChI=1S/C18H17ClN2O2/c1-3-21-15-7-5-4-6-13(15)11(2)17(21)18(23)20-14-10-12(19)8-9-16(14)22/h4-10,22H,3H2,1-2H3,(H,20,23). The van der Waals surface area contributed by atoms with Crippen molar-refractivity contribution in [1.82, 2.24) is 4.57 Å². The normalized spacial score (nSPS) is 10.9. The van der Waals surface area contributed by atoms with Gasteiger partial charge in [-0.15, -0.1) is 0 Å². The summed E-state index contributed by atoms with van der Waals surface area (Å²) >= 11 is 5.93. The number of phenolic OH excluding ortho intramolecular Hbond substituents is 1. The number of aromatic nitrogens is 1. The molecule has 0 fully saturated rings. The highest BCUT2D eigenvalue weighted by Gasteiger charge is 2.20. The highest BCUT2D eigenvalue weighted by atomic mass is 35.5. The van der Waals surface area contributed by atoms with Crippen LogP contribution in [-0.2, 0) is 6.54 Å². The number of para-hydroxylation sites is 1. The van der Waals surface area contributed by atoms with Crippen LogP contribution in [0.1, 0.15) is 23.0 Å². The van der Waals surface area contributed by atoms with E-state index in [9.17, 15) is 9.90 Å². The van der Waals surface area contributed by atoms with Crippen molar-refractivity contribution < 1.29 is 9.90 Å². The number of nitrogens with zero attached hydrogens (tertiary/aromatic N) is 1. The molecule has 0 bridgehead atoms. The molecule has 1 aromatic heterocycles. The van der Waals surface area contributed by atoms with Gasteiger partial charge in [0.25, 0.3) is 5.91 Å². The van der Waals surface area contributed by atoms with Crippen molar-refractivity contribution in [3.63, 3.8) is 0 Å². The summed E-state index contributed by atoms with van der Waals surface area (Å²) in [6.45, 7) is 4.61. The van der Waals surface area contributed by atoms with Crippen molar-refractivity contribution in [3.8, 4) is 5.75 Å². The van der Waals surface area contributed by atoms with Crippen molar-refractivity contribution in [1.29, 1.82) is 0 Å². The Balaban J connectivity index is 2.07. The van der Waals surface area contributed by atoms with Crippen LogP contribution in [0, 0.1) is 6.92 Å². The Morgan fingerprint density at radius 2 is 2.00 bits per heavy atom. The molecule has 3 aromatic rings. The number of anilines is 1. The second kappa shape index (κ2) is 5.97. The van der Waals surface area contributed by atoms with Crippen LogP contribution in [0.3, 0.4) is 0 Å². The van der Waals surface area contributed by atoms with Gasteiger partial charge in [-0.1, -0.05) is 29.8 Å². The van der Waals surface area contributed by atoms with E-state index in [1.54, 1.807) is 6.07 Å². The van der Waals surface area contributed by atoms with Gasteiger partial charge < -0.3 is 15.0 Å². The predicted octanol–water partition coefficient (Wildman–Crippen LogP) is 4.58. The minimum absolute atomic E-state index is 0.0143. The van der Waals surface area contributed by atoms with Gasteiger partial charge in [0.05, 0.1) is 5.69 Å². The van der Waals surface area contributed by atoms with Crippen LogP contribution in [0.5, 0.6) is 5.75 Å². The number of hydrogen-bond donors (Lipinski definition) is 2. The number of aromatic hydroxyl groups is 1. The summed E-state index contributed by atoms with van der Waals surface area (Å²) in [5.74, 6) is -0.280. The van der Waals surface area contributed by atoms with Crippen LogP contribution in [0.2, 0.25) is 5.02 Å². The zero-order valence-electron chi connectivity index (χ0n) is 12.9. The first-order valence-corrected chi connectivity index (χ1v) is 7.78. The minimum Gasteiger partial charge on any atom is -0.506 e. The number of nitrogens with one attached hydrogen (secondary N) is 1. The van der Waals surface area contributed by atoms with Crippen molar-refractivity contribution in [2.24, 2.45) is 0 Å². The Hall–Kier alpha value is -2.46. The van der Waals surface area contributed by atoms with Crippen LogP contribution >= 0.6 is 11.6 Å². The maximum atomic E-state index is 12.8. The maximum Gasteiger partial charge on any atom is 0.272 e. The van der Waals surface area contributed by atoms with Crippen molar-refractivity contribution in [2.75, 3.05) is 5.32 Å². The molecule has 0 saturated heterocycles. The number of carbonyl (C=O) groups excluding carboxylic acids is 1. The zero-order chi connectivity index (χ0) is 16.6. The number of hydrogen-bond acceptors (Lipinski definition) is 2. The summed E-state index contributed by atoms with van der Waals surface area (Å²) in [7, 11) is 0. The van der Waals surface area contributed by atoms with Crippen LogP contribution in [0.4, 0.5) is 5.69 Å². The molecule has 0 aliphatic carbocycles. The third kappa shape index (κ3) is 2.66. The molecular weight excluding hydrogens is 312 g/mol. The van der Waals surface area contributed by atoms with E-state index in [1.165, 1.54) is 12.1 Å². The molecule has 3 rings (SSSR count).